The number of amides is 1. The molecule has 0 aliphatic carbocycles. The Kier molecular flexibility index (Phi) is 5.96. The molecule has 1 aromatic heterocycles. The molecule has 8 heteroatoms. The number of carbonyl (C=O) groups excluding carboxylic acids is 1. The highest BCUT2D eigenvalue weighted by atomic mass is 35.5. The Morgan fingerprint density at radius 3 is 2.84 bits per heavy atom. The standard InChI is InChI=1S/C17H13Cl2N3OS2/c1-10(24-17-21-14-4-2-3-5-15(14)25-17)16(23)22-20-9-11-6-7-12(18)13(19)8-11/h2-10H,1H3,(H,22,23)/b20-9-/t10-/m1/s1. The maximum atomic E-state index is 12.2. The normalized spacial score (nSPS) is 12.6. The minimum absolute atomic E-state index is 0.194. The predicted molar refractivity (Wildman–Crippen MR) is 107 cm³/mol. The number of hydrogen-bond donors (Lipinski definition) is 1. The van der Waals surface area contributed by atoms with Gasteiger partial charge in [-0.1, -0.05) is 53.2 Å². The molecule has 0 aliphatic heterocycles. The van der Waals surface area contributed by atoms with Crippen LogP contribution in [0.25, 0.3) is 10.2 Å². The van der Waals surface area contributed by atoms with Gasteiger partial charge in [-0.3, -0.25) is 4.79 Å². The highest BCUT2D eigenvalue weighted by Gasteiger charge is 2.16. The first-order valence-corrected chi connectivity index (χ1v) is 9.78. The van der Waals surface area contributed by atoms with Gasteiger partial charge in [0, 0.05) is 0 Å². The highest BCUT2D eigenvalue weighted by Crippen LogP contribution is 2.31. The van der Waals surface area contributed by atoms with Crippen LogP contribution in [0.2, 0.25) is 10.0 Å². The number of fused-ring (bicyclic) bond motifs is 1. The summed E-state index contributed by atoms with van der Waals surface area (Å²) < 4.78 is 1.97. The lowest BCUT2D eigenvalue weighted by atomic mass is 10.2. The zero-order valence-corrected chi connectivity index (χ0v) is 16.2. The number of halogens is 2. The summed E-state index contributed by atoms with van der Waals surface area (Å²) in [6, 6.07) is 13.0. The van der Waals surface area contributed by atoms with Gasteiger partial charge >= 0.3 is 0 Å². The molecule has 4 nitrogen and oxygen atoms in total. The lowest BCUT2D eigenvalue weighted by molar-refractivity contribution is -0.120. The second kappa shape index (κ2) is 8.19. The van der Waals surface area contributed by atoms with Gasteiger partial charge in [0.2, 0.25) is 0 Å². The molecule has 1 heterocycles. The van der Waals surface area contributed by atoms with Crippen LogP contribution in [0.1, 0.15) is 12.5 Å². The first-order valence-electron chi connectivity index (χ1n) is 7.33. The molecule has 0 aliphatic rings. The number of hydrazone groups is 1. The molecule has 0 spiro atoms. The molecule has 25 heavy (non-hydrogen) atoms. The smallest absolute Gasteiger partial charge is 0.253 e. The number of rotatable bonds is 5. The van der Waals surface area contributed by atoms with E-state index in [1.165, 1.54) is 18.0 Å². The fourth-order valence-electron chi connectivity index (χ4n) is 1.96. The van der Waals surface area contributed by atoms with Crippen LogP contribution in [0.4, 0.5) is 0 Å². The van der Waals surface area contributed by atoms with Gasteiger partial charge in [-0.25, -0.2) is 10.4 Å². The SMILES string of the molecule is C[C@@H](Sc1nc2ccccc2s1)C(=O)N/N=C\c1ccc(Cl)c(Cl)c1. The molecule has 1 atom stereocenters. The van der Waals surface area contributed by atoms with Gasteiger partial charge in [0.15, 0.2) is 4.34 Å². The fourth-order valence-corrected chi connectivity index (χ4v) is 4.47. The van der Waals surface area contributed by atoms with Crippen molar-refractivity contribution in [3.05, 3.63) is 58.1 Å². The van der Waals surface area contributed by atoms with Gasteiger partial charge in [0.1, 0.15) is 0 Å². The molecular weight excluding hydrogens is 397 g/mol. The molecule has 3 rings (SSSR count). The quantitative estimate of drug-likeness (QED) is 0.356. The van der Waals surface area contributed by atoms with Crippen molar-refractivity contribution in [1.29, 1.82) is 0 Å². The summed E-state index contributed by atoms with van der Waals surface area (Å²) in [4.78, 5) is 16.7. The van der Waals surface area contributed by atoms with Gasteiger partial charge in [0.05, 0.1) is 31.7 Å². The Morgan fingerprint density at radius 1 is 1.28 bits per heavy atom. The molecule has 0 fully saturated rings. The molecule has 0 radical (unpaired) electrons. The molecular formula is C17H13Cl2N3OS2. The summed E-state index contributed by atoms with van der Waals surface area (Å²) in [6.45, 7) is 1.82. The van der Waals surface area contributed by atoms with Crippen LogP contribution in [0.15, 0.2) is 51.9 Å². The largest absolute Gasteiger partial charge is 0.272 e. The molecule has 0 unspecified atom stereocenters. The van der Waals surface area contributed by atoms with E-state index < -0.39 is 0 Å². The van der Waals surface area contributed by atoms with E-state index in [0.29, 0.717) is 10.0 Å². The van der Waals surface area contributed by atoms with Crippen molar-refractivity contribution >= 4 is 68.6 Å². The van der Waals surface area contributed by atoms with Crippen molar-refractivity contribution in [3.63, 3.8) is 0 Å². The Labute approximate surface area is 163 Å². The number of aromatic nitrogens is 1. The monoisotopic (exact) mass is 409 g/mol. The van der Waals surface area contributed by atoms with E-state index >= 15 is 0 Å². The van der Waals surface area contributed by atoms with Crippen molar-refractivity contribution < 1.29 is 4.79 Å². The van der Waals surface area contributed by atoms with Crippen LogP contribution in [0.5, 0.6) is 0 Å². The van der Waals surface area contributed by atoms with Crippen molar-refractivity contribution in [2.75, 3.05) is 0 Å². The van der Waals surface area contributed by atoms with Crippen LogP contribution < -0.4 is 5.43 Å². The number of carbonyl (C=O) groups is 1. The van der Waals surface area contributed by atoms with Gasteiger partial charge in [-0.2, -0.15) is 5.10 Å². The van der Waals surface area contributed by atoms with Crippen molar-refractivity contribution in [1.82, 2.24) is 10.4 Å². The van der Waals surface area contributed by atoms with E-state index in [-0.39, 0.29) is 11.2 Å². The van der Waals surface area contributed by atoms with E-state index in [9.17, 15) is 4.79 Å². The van der Waals surface area contributed by atoms with Crippen molar-refractivity contribution in [3.8, 4) is 0 Å². The Hall–Kier alpha value is -1.60. The average molecular weight is 410 g/mol. The van der Waals surface area contributed by atoms with Crippen LogP contribution in [-0.4, -0.2) is 22.4 Å². The molecule has 1 N–H and O–H groups in total. The highest BCUT2D eigenvalue weighted by molar-refractivity contribution is 8.02. The molecule has 0 saturated heterocycles. The maximum Gasteiger partial charge on any atom is 0.253 e. The summed E-state index contributed by atoms with van der Waals surface area (Å²) in [6.07, 6.45) is 1.52. The zero-order valence-electron chi connectivity index (χ0n) is 13.1. The second-order valence-electron chi connectivity index (χ2n) is 5.12. The van der Waals surface area contributed by atoms with Crippen LogP contribution in [-0.2, 0) is 4.79 Å². The maximum absolute atomic E-state index is 12.2. The Balaban J connectivity index is 1.58. The van der Waals surface area contributed by atoms with E-state index in [2.05, 4.69) is 15.5 Å². The number of nitrogens with zero attached hydrogens (tertiary/aromatic N) is 2. The van der Waals surface area contributed by atoms with Crippen LogP contribution in [0, 0.1) is 0 Å². The number of benzene rings is 2. The van der Waals surface area contributed by atoms with E-state index in [1.807, 2.05) is 31.2 Å². The number of hydrogen-bond acceptors (Lipinski definition) is 5. The first kappa shape index (κ1) is 18.2. The topological polar surface area (TPSA) is 54.4 Å². The van der Waals surface area contributed by atoms with Gasteiger partial charge < -0.3 is 0 Å². The molecule has 1 amide bonds. The first-order chi connectivity index (χ1) is 12.0. The van der Waals surface area contributed by atoms with Gasteiger partial charge in [-0.15, -0.1) is 11.3 Å². The Morgan fingerprint density at radius 2 is 2.08 bits per heavy atom. The molecule has 2 aromatic carbocycles. The minimum Gasteiger partial charge on any atom is -0.272 e. The number of thioether (sulfide) groups is 1. The molecule has 0 bridgehead atoms. The van der Waals surface area contributed by atoms with E-state index in [1.54, 1.807) is 29.5 Å². The second-order valence-corrected chi connectivity index (χ2v) is 8.55. The van der Waals surface area contributed by atoms with Crippen LogP contribution >= 0.6 is 46.3 Å². The fraction of sp³-hybridized carbons (Fsp3) is 0.118. The summed E-state index contributed by atoms with van der Waals surface area (Å²) in [5.41, 5.74) is 4.23. The zero-order chi connectivity index (χ0) is 17.8. The summed E-state index contributed by atoms with van der Waals surface area (Å²) in [5.74, 6) is -0.194. The van der Waals surface area contributed by atoms with E-state index in [4.69, 9.17) is 23.2 Å². The van der Waals surface area contributed by atoms with Crippen LogP contribution in [0.3, 0.4) is 0 Å². The van der Waals surface area contributed by atoms with Gasteiger partial charge in [0.25, 0.3) is 5.91 Å². The lowest BCUT2D eigenvalue weighted by Crippen LogP contribution is -2.26. The number of thiazole rings is 1. The third-order valence-electron chi connectivity index (χ3n) is 3.25. The third-order valence-corrected chi connectivity index (χ3v) is 6.22. The molecule has 3 aromatic rings. The predicted octanol–water partition coefficient (Wildman–Crippen LogP) is 5.23. The molecule has 0 saturated carbocycles. The number of nitrogens with one attached hydrogen (secondary N) is 1. The lowest BCUT2D eigenvalue weighted by Gasteiger charge is -2.06. The summed E-state index contributed by atoms with van der Waals surface area (Å²) in [7, 11) is 0. The summed E-state index contributed by atoms with van der Waals surface area (Å²) in [5, 5.41) is 4.56. The molecule has 128 valence electrons. The average Bonchev–Trinajstić information content (AvgIpc) is 3.00. The number of para-hydroxylation sites is 1. The van der Waals surface area contributed by atoms with Crippen molar-refractivity contribution in [2.24, 2.45) is 5.10 Å². The van der Waals surface area contributed by atoms with Gasteiger partial charge in [-0.05, 0) is 36.8 Å². The summed E-state index contributed by atoms with van der Waals surface area (Å²) >= 11 is 14.8. The van der Waals surface area contributed by atoms with Crippen molar-refractivity contribution in [2.45, 2.75) is 16.5 Å². The minimum atomic E-state index is -0.313. The Bertz CT molecular complexity index is 910. The van der Waals surface area contributed by atoms with E-state index in [0.717, 1.165) is 20.1 Å². The third kappa shape index (κ3) is 4.73.